The summed E-state index contributed by atoms with van der Waals surface area (Å²) in [7, 11) is 0. The van der Waals surface area contributed by atoms with Crippen LogP contribution in [-0.4, -0.2) is 63.0 Å². The van der Waals surface area contributed by atoms with Crippen molar-refractivity contribution in [1.29, 1.82) is 0 Å². The topological polar surface area (TPSA) is 99.6 Å². The first-order valence-corrected chi connectivity index (χ1v) is 9.67. The van der Waals surface area contributed by atoms with Gasteiger partial charge in [0.15, 0.2) is 0 Å². The number of rotatable bonds is 4. The van der Waals surface area contributed by atoms with Gasteiger partial charge < -0.3 is 15.3 Å². The first kappa shape index (κ1) is 22.0. The summed E-state index contributed by atoms with van der Waals surface area (Å²) in [4.78, 5) is 39.0. The quantitative estimate of drug-likeness (QED) is 0.771. The number of nitrogens with one attached hydrogen (secondary N) is 1. The fourth-order valence-electron chi connectivity index (χ4n) is 2.78. The number of amides is 2. The summed E-state index contributed by atoms with van der Waals surface area (Å²) in [5.74, 6) is -0.773. The van der Waals surface area contributed by atoms with Gasteiger partial charge >= 0.3 is 12.1 Å². The van der Waals surface area contributed by atoms with Crippen molar-refractivity contribution in [2.24, 2.45) is 5.92 Å². The molecule has 154 valence electrons. The van der Waals surface area contributed by atoms with Gasteiger partial charge in [-0.3, -0.25) is 14.6 Å². The van der Waals surface area contributed by atoms with E-state index in [4.69, 9.17) is 9.90 Å². The van der Waals surface area contributed by atoms with E-state index in [2.05, 4.69) is 10.3 Å². The second-order valence-electron chi connectivity index (χ2n) is 6.41. The molecular weight excluding hydrogens is 399 g/mol. The van der Waals surface area contributed by atoms with E-state index in [1.54, 1.807) is 17.3 Å². The van der Waals surface area contributed by atoms with Gasteiger partial charge in [0.25, 0.3) is 0 Å². The summed E-state index contributed by atoms with van der Waals surface area (Å²) in [5, 5.41) is 10.2. The molecule has 3 heterocycles. The summed E-state index contributed by atoms with van der Waals surface area (Å²) in [5.41, 5.74) is 0.999. The largest absolute Gasteiger partial charge is 0.490 e. The monoisotopic (exact) mass is 419 g/mol. The van der Waals surface area contributed by atoms with Crippen LogP contribution >= 0.6 is 11.8 Å². The van der Waals surface area contributed by atoms with E-state index in [-0.39, 0.29) is 23.8 Å². The molecule has 2 fully saturated rings. The summed E-state index contributed by atoms with van der Waals surface area (Å²) in [6.45, 7) is 1.05. The van der Waals surface area contributed by atoms with E-state index >= 15 is 0 Å². The number of carbonyl (C=O) groups excluding carboxylic acids is 2. The minimum absolute atomic E-state index is 0.0320. The normalized spacial score (nSPS) is 21.8. The number of carboxylic acid groups (broad SMARTS) is 1. The van der Waals surface area contributed by atoms with Crippen LogP contribution in [-0.2, 0) is 20.9 Å². The average molecular weight is 419 g/mol. The third-order valence-corrected chi connectivity index (χ3v) is 5.36. The summed E-state index contributed by atoms with van der Waals surface area (Å²) in [6, 6.07) is 4.09. The van der Waals surface area contributed by atoms with Crippen LogP contribution < -0.4 is 5.32 Å². The number of thioether (sulfide) groups is 1. The zero-order valence-electron chi connectivity index (χ0n) is 14.8. The van der Waals surface area contributed by atoms with E-state index < -0.39 is 12.1 Å². The minimum Gasteiger partial charge on any atom is -0.475 e. The second-order valence-corrected chi connectivity index (χ2v) is 7.56. The van der Waals surface area contributed by atoms with Crippen molar-refractivity contribution in [3.63, 3.8) is 0 Å². The third kappa shape index (κ3) is 6.70. The predicted octanol–water partition coefficient (Wildman–Crippen LogP) is 1.69. The average Bonchev–Trinajstić information content (AvgIpc) is 3.26. The lowest BCUT2D eigenvalue weighted by Crippen LogP contribution is -2.39. The molecule has 7 nitrogen and oxygen atoms in total. The molecule has 0 spiro atoms. The standard InChI is InChI=1S/C15H19N3O2S.C2HF3O2/c19-14-6-12(15(20)17-13-3-5-21-10-13)9-18(14)8-11-2-1-4-16-7-11;3-2(4,5)1(6)7/h1-2,4,7,12-13H,3,5-6,8-10H2,(H,17,20);(H,6,7). The molecule has 0 saturated carbocycles. The number of hydrogen-bond acceptors (Lipinski definition) is 5. The summed E-state index contributed by atoms with van der Waals surface area (Å²) >= 11 is 1.87. The van der Waals surface area contributed by atoms with Gasteiger partial charge in [0, 0.05) is 43.7 Å². The molecule has 11 heteroatoms. The fraction of sp³-hybridized carbons (Fsp3) is 0.529. The molecule has 2 amide bonds. The van der Waals surface area contributed by atoms with Crippen LogP contribution in [0.15, 0.2) is 24.5 Å². The van der Waals surface area contributed by atoms with Gasteiger partial charge in [-0.25, -0.2) is 4.79 Å². The molecule has 3 rings (SSSR count). The molecule has 0 bridgehead atoms. The Kier molecular flexibility index (Phi) is 7.67. The third-order valence-electron chi connectivity index (χ3n) is 4.20. The van der Waals surface area contributed by atoms with Gasteiger partial charge in [-0.1, -0.05) is 6.07 Å². The lowest BCUT2D eigenvalue weighted by atomic mass is 10.1. The maximum atomic E-state index is 12.2. The summed E-state index contributed by atoms with van der Waals surface area (Å²) < 4.78 is 31.7. The number of aromatic nitrogens is 1. The van der Waals surface area contributed by atoms with Crippen molar-refractivity contribution < 1.29 is 32.7 Å². The molecular formula is C17H20F3N3O4S. The van der Waals surface area contributed by atoms with Crippen LogP contribution in [0.1, 0.15) is 18.4 Å². The molecule has 2 atom stereocenters. The van der Waals surface area contributed by atoms with Crippen LogP contribution in [0.5, 0.6) is 0 Å². The lowest BCUT2D eigenvalue weighted by Gasteiger charge is -2.17. The maximum absolute atomic E-state index is 12.2. The van der Waals surface area contributed by atoms with Gasteiger partial charge in [0.2, 0.25) is 11.8 Å². The van der Waals surface area contributed by atoms with Crippen LogP contribution in [0.2, 0.25) is 0 Å². The molecule has 0 aromatic carbocycles. The highest BCUT2D eigenvalue weighted by molar-refractivity contribution is 7.99. The van der Waals surface area contributed by atoms with E-state index in [0.717, 1.165) is 23.5 Å². The Morgan fingerprint density at radius 1 is 1.39 bits per heavy atom. The molecule has 28 heavy (non-hydrogen) atoms. The van der Waals surface area contributed by atoms with Crippen LogP contribution in [0.4, 0.5) is 13.2 Å². The maximum Gasteiger partial charge on any atom is 0.490 e. The highest BCUT2D eigenvalue weighted by Gasteiger charge is 2.38. The Hall–Kier alpha value is -2.30. The fourth-order valence-corrected chi connectivity index (χ4v) is 3.93. The van der Waals surface area contributed by atoms with E-state index in [1.165, 1.54) is 0 Å². The molecule has 2 aliphatic rings. The Morgan fingerprint density at radius 2 is 2.11 bits per heavy atom. The number of halogens is 3. The van der Waals surface area contributed by atoms with E-state index in [1.807, 2.05) is 23.9 Å². The first-order valence-electron chi connectivity index (χ1n) is 8.51. The number of hydrogen-bond donors (Lipinski definition) is 2. The Balaban J connectivity index is 0.000000345. The lowest BCUT2D eigenvalue weighted by molar-refractivity contribution is -0.192. The van der Waals surface area contributed by atoms with Crippen molar-refractivity contribution in [1.82, 2.24) is 15.2 Å². The highest BCUT2D eigenvalue weighted by Crippen LogP contribution is 2.22. The Morgan fingerprint density at radius 3 is 2.64 bits per heavy atom. The Bertz CT molecular complexity index is 697. The number of pyridine rings is 1. The predicted molar refractivity (Wildman–Crippen MR) is 95.3 cm³/mol. The zero-order chi connectivity index (χ0) is 20.7. The second kappa shape index (κ2) is 9.76. The van der Waals surface area contributed by atoms with Crippen molar-refractivity contribution in [3.05, 3.63) is 30.1 Å². The number of alkyl halides is 3. The van der Waals surface area contributed by atoms with Crippen LogP contribution in [0, 0.1) is 5.92 Å². The van der Waals surface area contributed by atoms with Gasteiger partial charge in [-0.05, 0) is 23.8 Å². The van der Waals surface area contributed by atoms with Gasteiger partial charge in [-0.15, -0.1) is 0 Å². The smallest absolute Gasteiger partial charge is 0.475 e. The van der Waals surface area contributed by atoms with Crippen LogP contribution in [0.3, 0.4) is 0 Å². The molecule has 2 aliphatic heterocycles. The van der Waals surface area contributed by atoms with Crippen molar-refractivity contribution in [2.75, 3.05) is 18.1 Å². The number of nitrogens with zero attached hydrogens (tertiary/aromatic N) is 2. The molecule has 0 radical (unpaired) electrons. The first-order chi connectivity index (χ1) is 13.2. The zero-order valence-corrected chi connectivity index (χ0v) is 15.6. The van der Waals surface area contributed by atoms with Gasteiger partial charge in [0.05, 0.1) is 5.92 Å². The molecule has 0 aliphatic carbocycles. The number of likely N-dealkylation sites (tertiary alicyclic amines) is 1. The summed E-state index contributed by atoms with van der Waals surface area (Å²) in [6.07, 6.45) is -0.246. The Labute approximate surface area is 163 Å². The minimum atomic E-state index is -5.08. The van der Waals surface area contributed by atoms with Crippen molar-refractivity contribution in [2.45, 2.75) is 31.6 Å². The molecule has 1 aromatic rings. The van der Waals surface area contributed by atoms with Gasteiger partial charge in [0.1, 0.15) is 0 Å². The van der Waals surface area contributed by atoms with Crippen LogP contribution in [0.25, 0.3) is 0 Å². The van der Waals surface area contributed by atoms with Crippen molar-refractivity contribution >= 4 is 29.5 Å². The SMILES string of the molecule is O=C(NC1CCSC1)C1CC(=O)N(Cc2cccnc2)C1.O=C(O)C(F)(F)F. The van der Waals surface area contributed by atoms with E-state index in [0.29, 0.717) is 19.5 Å². The number of carbonyl (C=O) groups is 3. The highest BCUT2D eigenvalue weighted by atomic mass is 32.2. The molecule has 2 N–H and O–H groups in total. The molecule has 1 aromatic heterocycles. The molecule has 2 saturated heterocycles. The van der Waals surface area contributed by atoms with Crippen molar-refractivity contribution in [3.8, 4) is 0 Å². The molecule has 2 unspecified atom stereocenters. The van der Waals surface area contributed by atoms with E-state index in [9.17, 15) is 22.8 Å². The number of carboxylic acids is 1. The van der Waals surface area contributed by atoms with Gasteiger partial charge in [-0.2, -0.15) is 24.9 Å². The number of aliphatic carboxylic acids is 1.